The Kier molecular flexibility index (Phi) is 11.8. The fraction of sp³-hybridized carbons (Fsp3) is 0.316. The largest absolute Gasteiger partial charge is 0.497 e. The number of halogens is 1. The number of nitrogens with one attached hydrogen (secondary N) is 1. The van der Waals surface area contributed by atoms with E-state index in [-0.39, 0.29) is 35.5 Å². The molecule has 1 N–H and O–H groups in total. The molecule has 0 heterocycles. The second-order valence-electron chi connectivity index (χ2n) is 12.2. The molecule has 4 aromatic rings. The van der Waals surface area contributed by atoms with E-state index in [1.807, 2.05) is 54.6 Å². The summed E-state index contributed by atoms with van der Waals surface area (Å²) in [6.07, 6.45) is 5.21. The van der Waals surface area contributed by atoms with Gasteiger partial charge in [0.25, 0.3) is 10.0 Å². The van der Waals surface area contributed by atoms with Crippen LogP contribution >= 0.6 is 11.6 Å². The highest BCUT2D eigenvalue weighted by Gasteiger charge is 2.36. The molecular formula is C38H42ClN3O5S. The Hall–Kier alpha value is -4.34. The molecule has 2 amide bonds. The maximum atomic E-state index is 14.8. The Morgan fingerprint density at radius 3 is 2.23 bits per heavy atom. The topological polar surface area (TPSA) is 96.0 Å². The van der Waals surface area contributed by atoms with Crippen LogP contribution in [0.5, 0.6) is 5.75 Å². The van der Waals surface area contributed by atoms with Gasteiger partial charge in [-0.25, -0.2) is 8.42 Å². The van der Waals surface area contributed by atoms with Gasteiger partial charge < -0.3 is 15.0 Å². The Morgan fingerprint density at radius 1 is 0.875 bits per heavy atom. The second kappa shape index (κ2) is 16.2. The molecule has 1 atom stereocenters. The van der Waals surface area contributed by atoms with E-state index in [1.165, 1.54) is 17.0 Å². The average molecular weight is 688 g/mol. The molecule has 0 aliphatic heterocycles. The lowest BCUT2D eigenvalue weighted by Gasteiger charge is -2.35. The lowest BCUT2D eigenvalue weighted by molar-refractivity contribution is -0.140. The van der Waals surface area contributed by atoms with Crippen molar-refractivity contribution in [1.29, 1.82) is 0 Å². The van der Waals surface area contributed by atoms with Gasteiger partial charge in [0.2, 0.25) is 11.8 Å². The van der Waals surface area contributed by atoms with E-state index in [9.17, 15) is 18.0 Å². The molecule has 0 radical (unpaired) electrons. The summed E-state index contributed by atoms with van der Waals surface area (Å²) in [5.41, 5.74) is 2.53. The fourth-order valence-corrected chi connectivity index (χ4v) is 7.81. The third-order valence-electron chi connectivity index (χ3n) is 8.76. The number of carbonyl (C=O) groups excluding carboxylic acids is 2. The van der Waals surface area contributed by atoms with E-state index >= 15 is 0 Å². The minimum atomic E-state index is -4.23. The number of carbonyl (C=O) groups is 2. The molecule has 0 saturated heterocycles. The Morgan fingerprint density at radius 2 is 1.54 bits per heavy atom. The van der Waals surface area contributed by atoms with Crippen molar-refractivity contribution in [2.75, 3.05) is 18.0 Å². The second-order valence-corrected chi connectivity index (χ2v) is 14.5. The van der Waals surface area contributed by atoms with Crippen LogP contribution < -0.4 is 14.4 Å². The molecule has 0 bridgehead atoms. The van der Waals surface area contributed by atoms with Crippen molar-refractivity contribution >= 4 is 39.1 Å². The molecule has 0 spiro atoms. The zero-order valence-corrected chi connectivity index (χ0v) is 28.9. The van der Waals surface area contributed by atoms with Gasteiger partial charge in [0.15, 0.2) is 0 Å². The summed E-state index contributed by atoms with van der Waals surface area (Å²) in [6.45, 7) is 1.28. The highest BCUT2D eigenvalue weighted by atomic mass is 35.5. The maximum absolute atomic E-state index is 14.8. The van der Waals surface area contributed by atoms with E-state index in [0.29, 0.717) is 16.3 Å². The zero-order chi connectivity index (χ0) is 34.1. The van der Waals surface area contributed by atoms with Crippen LogP contribution in [-0.4, -0.2) is 50.9 Å². The number of benzene rings is 4. The first-order valence-corrected chi connectivity index (χ1v) is 18.1. The predicted octanol–water partition coefficient (Wildman–Crippen LogP) is 6.94. The number of nitrogens with zero attached hydrogens (tertiary/aromatic N) is 2. The van der Waals surface area contributed by atoms with Gasteiger partial charge in [0.1, 0.15) is 18.3 Å². The Bertz CT molecular complexity index is 1800. The van der Waals surface area contributed by atoms with Crippen LogP contribution in [-0.2, 0) is 32.6 Å². The summed E-state index contributed by atoms with van der Waals surface area (Å²) >= 11 is 6.39. The van der Waals surface area contributed by atoms with Gasteiger partial charge >= 0.3 is 0 Å². The molecule has 1 aliphatic rings. The molecule has 0 aromatic heterocycles. The van der Waals surface area contributed by atoms with E-state index in [0.717, 1.165) is 47.5 Å². The maximum Gasteiger partial charge on any atom is 0.264 e. The van der Waals surface area contributed by atoms with Crippen LogP contribution in [0.3, 0.4) is 0 Å². The standard InChI is InChI=1S/C38H42ClN3O5S/c1-28-21-22-31(39)25-35(28)42(48(45,46)34-19-10-5-11-20-34)27-37(43)41(26-30-15-12-18-33(23-30)47-2)36(24-29-13-6-3-7-14-29)38(44)40-32-16-8-4-9-17-32/h3,5-7,10-15,18-23,25,32,36H,4,8-9,16-17,24,26-27H2,1-2H3,(H,40,44)/t36-/m1/s1. The third-order valence-corrected chi connectivity index (χ3v) is 10.8. The number of amides is 2. The van der Waals surface area contributed by atoms with Gasteiger partial charge in [-0.1, -0.05) is 97.6 Å². The molecule has 8 nitrogen and oxygen atoms in total. The molecule has 5 rings (SSSR count). The predicted molar refractivity (Wildman–Crippen MR) is 190 cm³/mol. The molecule has 0 unspecified atom stereocenters. The molecule has 4 aromatic carbocycles. The van der Waals surface area contributed by atoms with Crippen LogP contribution in [0.25, 0.3) is 0 Å². The van der Waals surface area contributed by atoms with Crippen LogP contribution in [0.15, 0.2) is 108 Å². The number of anilines is 1. The van der Waals surface area contributed by atoms with Crippen LogP contribution in [0.4, 0.5) is 5.69 Å². The quantitative estimate of drug-likeness (QED) is 0.164. The van der Waals surface area contributed by atoms with Crippen molar-refractivity contribution in [2.45, 2.75) is 69.0 Å². The van der Waals surface area contributed by atoms with E-state index in [4.69, 9.17) is 16.3 Å². The lowest BCUT2D eigenvalue weighted by Crippen LogP contribution is -2.55. The number of hydrogen-bond donors (Lipinski definition) is 1. The Labute approximate surface area is 288 Å². The third kappa shape index (κ3) is 8.76. The molecule has 48 heavy (non-hydrogen) atoms. The van der Waals surface area contributed by atoms with Gasteiger partial charge in [0, 0.05) is 24.0 Å². The van der Waals surface area contributed by atoms with Gasteiger partial charge in [0.05, 0.1) is 17.7 Å². The number of hydrogen-bond acceptors (Lipinski definition) is 5. The van der Waals surface area contributed by atoms with E-state index in [1.54, 1.807) is 50.4 Å². The molecular weight excluding hydrogens is 646 g/mol. The molecule has 1 saturated carbocycles. The lowest BCUT2D eigenvalue weighted by atomic mass is 9.94. The summed E-state index contributed by atoms with van der Waals surface area (Å²) in [5, 5.41) is 3.57. The van der Waals surface area contributed by atoms with Gasteiger partial charge in [-0.2, -0.15) is 0 Å². The molecule has 10 heteroatoms. The van der Waals surface area contributed by atoms with Crippen molar-refractivity contribution in [2.24, 2.45) is 0 Å². The minimum Gasteiger partial charge on any atom is -0.497 e. The van der Waals surface area contributed by atoms with Crippen molar-refractivity contribution in [3.8, 4) is 5.75 Å². The number of methoxy groups -OCH3 is 1. The monoisotopic (exact) mass is 687 g/mol. The highest BCUT2D eigenvalue weighted by molar-refractivity contribution is 7.92. The van der Waals surface area contributed by atoms with Crippen molar-refractivity contribution < 1.29 is 22.7 Å². The molecule has 1 aliphatic carbocycles. The first-order valence-electron chi connectivity index (χ1n) is 16.3. The summed E-state index contributed by atoms with van der Waals surface area (Å²) in [5.74, 6) is -0.191. The normalized spacial score (nSPS) is 14.1. The van der Waals surface area contributed by atoms with E-state index in [2.05, 4.69) is 5.32 Å². The average Bonchev–Trinajstić information content (AvgIpc) is 3.11. The van der Waals surface area contributed by atoms with Gasteiger partial charge in [-0.3, -0.25) is 13.9 Å². The van der Waals surface area contributed by atoms with Crippen molar-refractivity contribution in [3.63, 3.8) is 0 Å². The number of aryl methyl sites for hydroxylation is 1. The van der Waals surface area contributed by atoms with Crippen LogP contribution in [0.1, 0.15) is 48.8 Å². The smallest absolute Gasteiger partial charge is 0.264 e. The Balaban J connectivity index is 1.59. The van der Waals surface area contributed by atoms with Gasteiger partial charge in [-0.15, -0.1) is 0 Å². The number of sulfonamides is 1. The van der Waals surface area contributed by atoms with Crippen molar-refractivity contribution in [1.82, 2.24) is 10.2 Å². The SMILES string of the molecule is COc1cccc(CN(C(=O)CN(c2cc(Cl)ccc2C)S(=O)(=O)c2ccccc2)[C@H](Cc2ccccc2)C(=O)NC2CCCCC2)c1. The zero-order valence-electron chi connectivity index (χ0n) is 27.3. The van der Waals surface area contributed by atoms with Crippen molar-refractivity contribution in [3.05, 3.63) is 125 Å². The first kappa shape index (κ1) is 35.0. The number of rotatable bonds is 13. The summed E-state index contributed by atoms with van der Waals surface area (Å²) in [7, 11) is -2.66. The van der Waals surface area contributed by atoms with Gasteiger partial charge in [-0.05, 0) is 72.9 Å². The molecule has 252 valence electrons. The fourth-order valence-electron chi connectivity index (χ4n) is 6.15. The number of ether oxygens (including phenoxy) is 1. The molecule has 1 fully saturated rings. The minimum absolute atomic E-state index is 0.0161. The first-order chi connectivity index (χ1) is 23.2. The van der Waals surface area contributed by atoms with Crippen LogP contribution in [0.2, 0.25) is 5.02 Å². The highest BCUT2D eigenvalue weighted by Crippen LogP contribution is 2.30. The summed E-state index contributed by atoms with van der Waals surface area (Å²) < 4.78 is 35.1. The van der Waals surface area contributed by atoms with Crippen LogP contribution in [0, 0.1) is 6.92 Å². The van der Waals surface area contributed by atoms with E-state index < -0.39 is 28.5 Å². The summed E-state index contributed by atoms with van der Waals surface area (Å²) in [4.78, 5) is 30.6. The summed E-state index contributed by atoms with van der Waals surface area (Å²) in [6, 6.07) is 28.9.